The molecule has 0 radical (unpaired) electrons. The van der Waals surface area contributed by atoms with Gasteiger partial charge in [-0.15, -0.1) is 0 Å². The normalized spacial score (nSPS) is 10.4. The van der Waals surface area contributed by atoms with E-state index < -0.39 is 0 Å². The molecule has 0 unspecified atom stereocenters. The Morgan fingerprint density at radius 2 is 2.12 bits per heavy atom. The van der Waals surface area contributed by atoms with Gasteiger partial charge in [0.05, 0.1) is 19.2 Å². The van der Waals surface area contributed by atoms with Crippen LogP contribution < -0.4 is 10.1 Å². The minimum absolute atomic E-state index is 0.0516. The molecular formula is C18H17N5O3. The Morgan fingerprint density at radius 3 is 2.81 bits per heavy atom. The molecule has 2 heterocycles. The molecule has 2 aromatic heterocycles. The van der Waals surface area contributed by atoms with E-state index >= 15 is 0 Å². The Bertz CT molecular complexity index is 938. The number of ketones is 1. The van der Waals surface area contributed by atoms with Crippen LogP contribution in [0.5, 0.6) is 5.75 Å². The third-order valence-electron chi connectivity index (χ3n) is 3.73. The van der Waals surface area contributed by atoms with Crippen LogP contribution >= 0.6 is 0 Å². The molecule has 1 N–H and O–H groups in total. The number of ether oxygens (including phenoxy) is 1. The van der Waals surface area contributed by atoms with Crippen molar-refractivity contribution in [2.45, 2.75) is 13.3 Å². The first-order valence-corrected chi connectivity index (χ1v) is 7.86. The maximum Gasteiger partial charge on any atom is 0.229 e. The summed E-state index contributed by atoms with van der Waals surface area (Å²) < 4.78 is 6.75. The number of nitrogens with one attached hydrogen (secondary N) is 1. The van der Waals surface area contributed by atoms with E-state index in [-0.39, 0.29) is 18.1 Å². The first kappa shape index (κ1) is 17.3. The molecule has 26 heavy (non-hydrogen) atoms. The van der Waals surface area contributed by atoms with Crippen LogP contribution in [0.15, 0.2) is 49.2 Å². The molecule has 0 saturated heterocycles. The summed E-state index contributed by atoms with van der Waals surface area (Å²) in [6.07, 6.45) is 4.54. The molecule has 0 fully saturated rings. The smallest absolute Gasteiger partial charge is 0.229 e. The van der Waals surface area contributed by atoms with Crippen LogP contribution in [-0.4, -0.2) is 38.5 Å². The van der Waals surface area contributed by atoms with Gasteiger partial charge in [0.15, 0.2) is 11.6 Å². The fourth-order valence-corrected chi connectivity index (χ4v) is 2.50. The number of aromatic nitrogens is 4. The Labute approximate surface area is 149 Å². The van der Waals surface area contributed by atoms with Crippen molar-refractivity contribution in [2.75, 3.05) is 12.4 Å². The second-order valence-corrected chi connectivity index (χ2v) is 5.52. The molecule has 8 heteroatoms. The first-order chi connectivity index (χ1) is 12.6. The highest BCUT2D eigenvalue weighted by Crippen LogP contribution is 2.22. The molecule has 0 aliphatic carbocycles. The molecule has 0 spiro atoms. The van der Waals surface area contributed by atoms with Gasteiger partial charge in [-0.25, -0.2) is 14.6 Å². The molecule has 0 bridgehead atoms. The lowest BCUT2D eigenvalue weighted by molar-refractivity contribution is -0.115. The van der Waals surface area contributed by atoms with E-state index in [1.54, 1.807) is 36.5 Å². The third kappa shape index (κ3) is 3.75. The summed E-state index contributed by atoms with van der Waals surface area (Å²) >= 11 is 0. The Balaban J connectivity index is 1.82. The van der Waals surface area contributed by atoms with E-state index in [0.29, 0.717) is 28.4 Å². The summed E-state index contributed by atoms with van der Waals surface area (Å²) in [5.41, 5.74) is 1.66. The van der Waals surface area contributed by atoms with Crippen LogP contribution in [0, 0.1) is 0 Å². The molecule has 0 aliphatic heterocycles. The van der Waals surface area contributed by atoms with Crippen molar-refractivity contribution >= 4 is 17.4 Å². The van der Waals surface area contributed by atoms with Crippen molar-refractivity contribution in [1.82, 2.24) is 19.7 Å². The summed E-state index contributed by atoms with van der Waals surface area (Å²) in [6.45, 7) is 1.48. The minimum atomic E-state index is -0.265. The molecule has 0 atom stereocenters. The van der Waals surface area contributed by atoms with E-state index in [2.05, 4.69) is 20.4 Å². The van der Waals surface area contributed by atoms with Crippen molar-refractivity contribution < 1.29 is 14.3 Å². The average Bonchev–Trinajstić information content (AvgIpc) is 3.16. The summed E-state index contributed by atoms with van der Waals surface area (Å²) in [6, 6.07) is 8.47. The first-order valence-electron chi connectivity index (χ1n) is 7.86. The van der Waals surface area contributed by atoms with Gasteiger partial charge in [0, 0.05) is 17.3 Å². The molecule has 0 aliphatic rings. The number of rotatable bonds is 6. The highest BCUT2D eigenvalue weighted by molar-refractivity contribution is 5.96. The van der Waals surface area contributed by atoms with Crippen LogP contribution in [0.25, 0.3) is 5.82 Å². The number of anilines is 1. The summed E-state index contributed by atoms with van der Waals surface area (Å²) in [5.74, 6) is 0.670. The summed E-state index contributed by atoms with van der Waals surface area (Å²) in [7, 11) is 1.52. The molecule has 1 amide bonds. The molecule has 3 rings (SSSR count). The van der Waals surface area contributed by atoms with Crippen LogP contribution in [0.2, 0.25) is 0 Å². The van der Waals surface area contributed by atoms with Crippen molar-refractivity contribution in [3.63, 3.8) is 0 Å². The predicted octanol–water partition coefficient (Wildman–Crippen LogP) is 2.05. The zero-order chi connectivity index (χ0) is 18.5. The number of carbonyl (C=O) groups excluding carboxylic acids is 2. The predicted molar refractivity (Wildman–Crippen MR) is 94.5 cm³/mol. The number of benzene rings is 1. The lowest BCUT2D eigenvalue weighted by Gasteiger charge is -2.12. The molecule has 8 nitrogen and oxygen atoms in total. The van der Waals surface area contributed by atoms with Gasteiger partial charge in [0.25, 0.3) is 0 Å². The topological polar surface area (TPSA) is 99.0 Å². The Hall–Kier alpha value is -3.55. The summed E-state index contributed by atoms with van der Waals surface area (Å²) in [4.78, 5) is 32.2. The SMILES string of the molecule is COc1ccc(C(C)=O)cc1CC(=O)Nc1cccnc1-n1cncn1. The standard InChI is InChI=1S/C18H17N5O3/c1-12(24)13-5-6-16(26-2)14(8-13)9-17(25)22-15-4-3-7-20-18(15)23-11-19-10-21-23/h3-8,10-11H,9H2,1-2H3,(H,22,25). The van der Waals surface area contributed by atoms with E-state index in [0.717, 1.165) is 0 Å². The van der Waals surface area contributed by atoms with Crippen LogP contribution in [0.3, 0.4) is 0 Å². The number of pyridine rings is 1. The van der Waals surface area contributed by atoms with Gasteiger partial charge >= 0.3 is 0 Å². The third-order valence-corrected chi connectivity index (χ3v) is 3.73. The van der Waals surface area contributed by atoms with Crippen LogP contribution in [-0.2, 0) is 11.2 Å². The average molecular weight is 351 g/mol. The van der Waals surface area contributed by atoms with Crippen molar-refractivity contribution in [3.8, 4) is 11.6 Å². The molecule has 1 aromatic carbocycles. The van der Waals surface area contributed by atoms with E-state index in [1.165, 1.54) is 31.4 Å². The molecular weight excluding hydrogens is 334 g/mol. The van der Waals surface area contributed by atoms with Gasteiger partial charge in [0.2, 0.25) is 5.91 Å². The zero-order valence-electron chi connectivity index (χ0n) is 14.3. The van der Waals surface area contributed by atoms with Crippen LogP contribution in [0.4, 0.5) is 5.69 Å². The number of amides is 1. The molecule has 0 saturated carbocycles. The van der Waals surface area contributed by atoms with Crippen molar-refractivity contribution in [3.05, 3.63) is 60.3 Å². The zero-order valence-corrected chi connectivity index (χ0v) is 14.3. The lowest BCUT2D eigenvalue weighted by atomic mass is 10.0. The largest absolute Gasteiger partial charge is 0.496 e. The van der Waals surface area contributed by atoms with Crippen molar-refractivity contribution in [1.29, 1.82) is 0 Å². The molecule has 3 aromatic rings. The highest BCUT2D eigenvalue weighted by Gasteiger charge is 2.14. The highest BCUT2D eigenvalue weighted by atomic mass is 16.5. The number of nitrogens with zero attached hydrogens (tertiary/aromatic N) is 4. The Morgan fingerprint density at radius 1 is 1.27 bits per heavy atom. The number of carbonyl (C=O) groups is 2. The van der Waals surface area contributed by atoms with E-state index in [4.69, 9.17) is 4.74 Å². The van der Waals surface area contributed by atoms with Crippen molar-refractivity contribution in [2.24, 2.45) is 0 Å². The Kier molecular flexibility index (Phi) is 5.02. The van der Waals surface area contributed by atoms with Gasteiger partial charge in [0.1, 0.15) is 18.4 Å². The second-order valence-electron chi connectivity index (χ2n) is 5.52. The molecule has 132 valence electrons. The van der Waals surface area contributed by atoms with Crippen LogP contribution in [0.1, 0.15) is 22.8 Å². The van der Waals surface area contributed by atoms with E-state index in [1.807, 2.05) is 0 Å². The van der Waals surface area contributed by atoms with Gasteiger partial charge in [-0.3, -0.25) is 9.59 Å². The number of Topliss-reactive ketones (excluding diaryl/α,β-unsaturated/α-hetero) is 1. The summed E-state index contributed by atoms with van der Waals surface area (Å²) in [5, 5.41) is 6.85. The van der Waals surface area contributed by atoms with Gasteiger partial charge < -0.3 is 10.1 Å². The number of methoxy groups -OCH3 is 1. The van der Waals surface area contributed by atoms with Gasteiger partial charge in [-0.1, -0.05) is 0 Å². The van der Waals surface area contributed by atoms with Gasteiger partial charge in [-0.2, -0.15) is 5.10 Å². The number of hydrogen-bond acceptors (Lipinski definition) is 6. The quantitative estimate of drug-likeness (QED) is 0.683. The lowest BCUT2D eigenvalue weighted by Crippen LogP contribution is -2.17. The minimum Gasteiger partial charge on any atom is -0.496 e. The fraction of sp³-hybridized carbons (Fsp3) is 0.167. The maximum atomic E-state index is 12.5. The van der Waals surface area contributed by atoms with E-state index in [9.17, 15) is 9.59 Å². The fourth-order valence-electron chi connectivity index (χ4n) is 2.50. The monoisotopic (exact) mass is 351 g/mol. The van der Waals surface area contributed by atoms with Gasteiger partial charge in [-0.05, 0) is 37.3 Å². The maximum absolute atomic E-state index is 12.5. The number of hydrogen-bond donors (Lipinski definition) is 1. The second kappa shape index (κ2) is 7.56.